The molecule has 0 saturated heterocycles. The highest BCUT2D eigenvalue weighted by atomic mass is 35.5. The topological polar surface area (TPSA) is 32.3 Å². The van der Waals surface area contributed by atoms with Gasteiger partial charge >= 0.3 is 0 Å². The molecule has 1 N–H and O–H groups in total. The Kier molecular flexibility index (Phi) is 5.23. The zero-order valence-electron chi connectivity index (χ0n) is 12.3. The first-order valence-corrected chi connectivity index (χ1v) is 7.44. The van der Waals surface area contributed by atoms with Gasteiger partial charge in [-0.05, 0) is 44.2 Å². The standard InChI is InChI=1S/C17H19ClN2O/c1-3-20(4-2)14-9-7-8-13(12-14)19-17(21)15-10-5-6-11-16(15)18/h5-12H,3-4H2,1-2H3,(H,19,21). The highest BCUT2D eigenvalue weighted by Gasteiger charge is 2.10. The summed E-state index contributed by atoms with van der Waals surface area (Å²) in [6.45, 7) is 6.08. The van der Waals surface area contributed by atoms with E-state index in [1.165, 1.54) is 0 Å². The summed E-state index contributed by atoms with van der Waals surface area (Å²) in [6.07, 6.45) is 0. The Morgan fingerprint density at radius 3 is 2.48 bits per heavy atom. The molecule has 0 aliphatic rings. The van der Waals surface area contributed by atoms with E-state index in [4.69, 9.17) is 11.6 Å². The predicted octanol–water partition coefficient (Wildman–Crippen LogP) is 4.44. The van der Waals surface area contributed by atoms with Crippen molar-refractivity contribution in [1.29, 1.82) is 0 Å². The molecule has 4 heteroatoms. The van der Waals surface area contributed by atoms with Gasteiger partial charge in [-0.25, -0.2) is 0 Å². The normalized spacial score (nSPS) is 10.2. The second-order valence-corrected chi connectivity index (χ2v) is 5.06. The second-order valence-electron chi connectivity index (χ2n) is 4.66. The first-order valence-electron chi connectivity index (χ1n) is 7.06. The molecular formula is C17H19ClN2O. The smallest absolute Gasteiger partial charge is 0.257 e. The third kappa shape index (κ3) is 3.76. The fraction of sp³-hybridized carbons (Fsp3) is 0.235. The molecular weight excluding hydrogens is 284 g/mol. The number of nitrogens with zero attached hydrogens (tertiary/aromatic N) is 1. The number of amides is 1. The monoisotopic (exact) mass is 302 g/mol. The Labute approximate surface area is 130 Å². The zero-order valence-corrected chi connectivity index (χ0v) is 13.0. The van der Waals surface area contributed by atoms with Crippen LogP contribution in [0.5, 0.6) is 0 Å². The molecule has 0 radical (unpaired) electrons. The Morgan fingerprint density at radius 1 is 1.10 bits per heavy atom. The summed E-state index contributed by atoms with van der Waals surface area (Å²) < 4.78 is 0. The lowest BCUT2D eigenvalue weighted by Gasteiger charge is -2.21. The van der Waals surface area contributed by atoms with Crippen LogP contribution in [-0.4, -0.2) is 19.0 Å². The molecule has 2 aromatic carbocycles. The summed E-state index contributed by atoms with van der Waals surface area (Å²) in [5.74, 6) is -0.197. The van der Waals surface area contributed by atoms with Gasteiger partial charge in [0.1, 0.15) is 0 Å². The van der Waals surface area contributed by atoms with E-state index in [2.05, 4.69) is 24.1 Å². The van der Waals surface area contributed by atoms with E-state index in [0.29, 0.717) is 10.6 Å². The van der Waals surface area contributed by atoms with E-state index in [0.717, 1.165) is 24.5 Å². The lowest BCUT2D eigenvalue weighted by atomic mass is 10.2. The largest absolute Gasteiger partial charge is 0.372 e. The van der Waals surface area contributed by atoms with Crippen molar-refractivity contribution in [2.24, 2.45) is 0 Å². The first-order chi connectivity index (χ1) is 10.2. The van der Waals surface area contributed by atoms with E-state index in [1.54, 1.807) is 24.3 Å². The second kappa shape index (κ2) is 7.14. The van der Waals surface area contributed by atoms with Gasteiger partial charge in [0.15, 0.2) is 0 Å². The summed E-state index contributed by atoms with van der Waals surface area (Å²) in [6, 6.07) is 14.9. The SMILES string of the molecule is CCN(CC)c1cccc(NC(=O)c2ccccc2Cl)c1. The van der Waals surface area contributed by atoms with Crippen LogP contribution in [0.2, 0.25) is 5.02 Å². The van der Waals surface area contributed by atoms with Crippen LogP contribution in [0.25, 0.3) is 0 Å². The van der Waals surface area contributed by atoms with Crippen molar-refractivity contribution in [2.45, 2.75) is 13.8 Å². The molecule has 0 spiro atoms. The van der Waals surface area contributed by atoms with Crippen molar-refractivity contribution in [1.82, 2.24) is 0 Å². The third-order valence-corrected chi connectivity index (χ3v) is 3.68. The molecule has 1 amide bonds. The molecule has 110 valence electrons. The van der Waals surface area contributed by atoms with Gasteiger partial charge in [-0.3, -0.25) is 4.79 Å². The molecule has 0 saturated carbocycles. The Hall–Kier alpha value is -2.00. The molecule has 0 aromatic heterocycles. The van der Waals surface area contributed by atoms with E-state index >= 15 is 0 Å². The van der Waals surface area contributed by atoms with Crippen LogP contribution in [0.1, 0.15) is 24.2 Å². The highest BCUT2D eigenvalue weighted by molar-refractivity contribution is 6.34. The summed E-state index contributed by atoms with van der Waals surface area (Å²) in [4.78, 5) is 14.5. The molecule has 0 fully saturated rings. The van der Waals surface area contributed by atoms with Crippen molar-refractivity contribution in [3.8, 4) is 0 Å². The molecule has 0 aliphatic heterocycles. The minimum absolute atomic E-state index is 0.197. The number of rotatable bonds is 5. The minimum atomic E-state index is -0.197. The molecule has 0 bridgehead atoms. The Morgan fingerprint density at radius 2 is 1.81 bits per heavy atom. The van der Waals surface area contributed by atoms with Crippen LogP contribution in [0.3, 0.4) is 0 Å². The summed E-state index contributed by atoms with van der Waals surface area (Å²) in [7, 11) is 0. The fourth-order valence-corrected chi connectivity index (χ4v) is 2.43. The minimum Gasteiger partial charge on any atom is -0.372 e. The van der Waals surface area contributed by atoms with Crippen LogP contribution in [0.4, 0.5) is 11.4 Å². The fourth-order valence-electron chi connectivity index (χ4n) is 2.21. The Bertz CT molecular complexity index is 624. The van der Waals surface area contributed by atoms with Gasteiger partial charge in [0, 0.05) is 24.5 Å². The number of carbonyl (C=O) groups excluding carboxylic acids is 1. The number of anilines is 2. The zero-order chi connectivity index (χ0) is 15.2. The Balaban J connectivity index is 2.18. The molecule has 21 heavy (non-hydrogen) atoms. The lowest BCUT2D eigenvalue weighted by Crippen LogP contribution is -2.22. The van der Waals surface area contributed by atoms with Gasteiger partial charge < -0.3 is 10.2 Å². The van der Waals surface area contributed by atoms with Crippen molar-refractivity contribution >= 4 is 28.9 Å². The number of hydrogen-bond acceptors (Lipinski definition) is 2. The first kappa shape index (κ1) is 15.4. The van der Waals surface area contributed by atoms with Gasteiger partial charge in [0.25, 0.3) is 5.91 Å². The predicted molar refractivity (Wildman–Crippen MR) is 89.4 cm³/mol. The lowest BCUT2D eigenvalue weighted by molar-refractivity contribution is 0.102. The van der Waals surface area contributed by atoms with Gasteiger partial charge in [0.05, 0.1) is 10.6 Å². The van der Waals surface area contributed by atoms with Crippen molar-refractivity contribution in [2.75, 3.05) is 23.3 Å². The van der Waals surface area contributed by atoms with Gasteiger partial charge in [-0.1, -0.05) is 29.8 Å². The van der Waals surface area contributed by atoms with Crippen LogP contribution < -0.4 is 10.2 Å². The molecule has 0 atom stereocenters. The number of halogens is 1. The van der Waals surface area contributed by atoms with E-state index in [1.807, 2.05) is 24.3 Å². The van der Waals surface area contributed by atoms with E-state index in [9.17, 15) is 4.79 Å². The number of carbonyl (C=O) groups is 1. The molecule has 2 rings (SSSR count). The van der Waals surface area contributed by atoms with Gasteiger partial charge in [0.2, 0.25) is 0 Å². The number of hydrogen-bond donors (Lipinski definition) is 1. The van der Waals surface area contributed by atoms with Crippen LogP contribution in [0, 0.1) is 0 Å². The van der Waals surface area contributed by atoms with E-state index in [-0.39, 0.29) is 5.91 Å². The van der Waals surface area contributed by atoms with Crippen molar-refractivity contribution in [3.63, 3.8) is 0 Å². The number of nitrogens with one attached hydrogen (secondary N) is 1. The molecule has 3 nitrogen and oxygen atoms in total. The van der Waals surface area contributed by atoms with Crippen LogP contribution in [0.15, 0.2) is 48.5 Å². The maximum absolute atomic E-state index is 12.2. The molecule has 0 aliphatic carbocycles. The maximum atomic E-state index is 12.2. The summed E-state index contributed by atoms with van der Waals surface area (Å²) >= 11 is 6.04. The molecule has 2 aromatic rings. The molecule has 0 unspecified atom stereocenters. The summed E-state index contributed by atoms with van der Waals surface area (Å²) in [5.41, 5.74) is 2.34. The van der Waals surface area contributed by atoms with Crippen molar-refractivity contribution < 1.29 is 4.79 Å². The quantitative estimate of drug-likeness (QED) is 0.885. The van der Waals surface area contributed by atoms with Crippen molar-refractivity contribution in [3.05, 3.63) is 59.1 Å². The van der Waals surface area contributed by atoms with E-state index < -0.39 is 0 Å². The summed E-state index contributed by atoms with van der Waals surface area (Å²) in [5, 5.41) is 3.35. The van der Waals surface area contributed by atoms with Crippen LogP contribution in [-0.2, 0) is 0 Å². The average molecular weight is 303 g/mol. The van der Waals surface area contributed by atoms with Gasteiger partial charge in [-0.2, -0.15) is 0 Å². The number of benzene rings is 2. The van der Waals surface area contributed by atoms with Gasteiger partial charge in [-0.15, -0.1) is 0 Å². The third-order valence-electron chi connectivity index (χ3n) is 3.35. The molecule has 0 heterocycles. The maximum Gasteiger partial charge on any atom is 0.257 e. The average Bonchev–Trinajstić information content (AvgIpc) is 2.49. The highest BCUT2D eigenvalue weighted by Crippen LogP contribution is 2.21. The van der Waals surface area contributed by atoms with Crippen LogP contribution >= 0.6 is 11.6 Å².